The number of nitrogens with one attached hydrogen (secondary N) is 1. The lowest BCUT2D eigenvalue weighted by Gasteiger charge is -2.33. The first-order chi connectivity index (χ1) is 12.9. The van der Waals surface area contributed by atoms with E-state index in [0.29, 0.717) is 12.1 Å². The van der Waals surface area contributed by atoms with Crippen LogP contribution in [-0.2, 0) is 10.0 Å². The number of anilines is 1. The Morgan fingerprint density at radius 1 is 1.30 bits per heavy atom. The number of nitro groups is 1. The molecule has 3 rings (SSSR count). The van der Waals surface area contributed by atoms with E-state index in [1.165, 1.54) is 12.1 Å². The van der Waals surface area contributed by atoms with Gasteiger partial charge >= 0.3 is 0 Å². The lowest BCUT2D eigenvalue weighted by Crippen LogP contribution is -2.38. The molecule has 1 aliphatic heterocycles. The van der Waals surface area contributed by atoms with Crippen molar-refractivity contribution in [2.45, 2.75) is 24.7 Å². The summed E-state index contributed by atoms with van der Waals surface area (Å²) in [5, 5.41) is 10.9. The molecular formula is C18H22N4O4S. The summed E-state index contributed by atoms with van der Waals surface area (Å²) in [5.41, 5.74) is 1.33. The van der Waals surface area contributed by atoms with E-state index in [-0.39, 0.29) is 16.5 Å². The molecule has 0 saturated carbocycles. The van der Waals surface area contributed by atoms with Crippen molar-refractivity contribution in [1.82, 2.24) is 9.71 Å². The molecule has 1 aromatic heterocycles. The van der Waals surface area contributed by atoms with Gasteiger partial charge in [0.2, 0.25) is 10.0 Å². The molecule has 144 valence electrons. The number of piperidine rings is 1. The number of non-ortho nitro benzene ring substituents is 1. The fourth-order valence-electron chi connectivity index (χ4n) is 3.23. The minimum absolute atomic E-state index is 0.0375. The van der Waals surface area contributed by atoms with Crippen LogP contribution in [0.2, 0.25) is 0 Å². The zero-order chi connectivity index (χ0) is 19.4. The fraction of sp³-hybridized carbons (Fsp3) is 0.389. The predicted molar refractivity (Wildman–Crippen MR) is 102 cm³/mol. The molecule has 27 heavy (non-hydrogen) atoms. The zero-order valence-electron chi connectivity index (χ0n) is 15.0. The van der Waals surface area contributed by atoms with Crippen LogP contribution in [0.25, 0.3) is 0 Å². The number of aromatic nitrogens is 1. The van der Waals surface area contributed by atoms with Gasteiger partial charge in [-0.1, -0.05) is 6.07 Å². The SMILES string of the molecule is Cc1ccc([N+](=O)[O-])cc1S(=O)(=O)NCC1CCN(c2cccnc2)CC1. The van der Waals surface area contributed by atoms with E-state index in [1.54, 1.807) is 13.1 Å². The minimum Gasteiger partial charge on any atom is -0.370 e. The summed E-state index contributed by atoms with van der Waals surface area (Å²) >= 11 is 0. The molecule has 8 nitrogen and oxygen atoms in total. The van der Waals surface area contributed by atoms with Gasteiger partial charge in [0, 0.05) is 38.0 Å². The van der Waals surface area contributed by atoms with Gasteiger partial charge in [0.25, 0.3) is 5.69 Å². The first-order valence-electron chi connectivity index (χ1n) is 8.76. The minimum atomic E-state index is -3.79. The van der Waals surface area contributed by atoms with Gasteiger partial charge in [0.1, 0.15) is 0 Å². The van der Waals surface area contributed by atoms with E-state index in [0.717, 1.165) is 37.7 Å². The van der Waals surface area contributed by atoms with Crippen molar-refractivity contribution in [3.63, 3.8) is 0 Å². The second-order valence-corrected chi connectivity index (χ2v) is 8.44. The molecule has 1 aliphatic rings. The monoisotopic (exact) mass is 390 g/mol. The number of sulfonamides is 1. The summed E-state index contributed by atoms with van der Waals surface area (Å²) in [5.74, 6) is 0.228. The second-order valence-electron chi connectivity index (χ2n) is 6.70. The number of rotatable bonds is 6. The molecule has 0 amide bonds. The summed E-state index contributed by atoms with van der Waals surface area (Å²) in [6.45, 7) is 3.64. The Labute approximate surface area is 158 Å². The van der Waals surface area contributed by atoms with E-state index >= 15 is 0 Å². The van der Waals surface area contributed by atoms with Crippen molar-refractivity contribution in [3.8, 4) is 0 Å². The van der Waals surface area contributed by atoms with Gasteiger partial charge < -0.3 is 4.90 Å². The molecule has 1 saturated heterocycles. The average Bonchev–Trinajstić information content (AvgIpc) is 2.67. The summed E-state index contributed by atoms with van der Waals surface area (Å²) in [7, 11) is -3.79. The van der Waals surface area contributed by atoms with Crippen LogP contribution in [0, 0.1) is 23.0 Å². The Morgan fingerprint density at radius 2 is 2.04 bits per heavy atom. The fourth-order valence-corrected chi connectivity index (χ4v) is 4.61. The highest BCUT2D eigenvalue weighted by molar-refractivity contribution is 7.89. The van der Waals surface area contributed by atoms with Gasteiger partial charge in [-0.2, -0.15) is 0 Å². The maximum absolute atomic E-state index is 12.6. The van der Waals surface area contributed by atoms with Crippen LogP contribution in [0.4, 0.5) is 11.4 Å². The smallest absolute Gasteiger partial charge is 0.270 e. The standard InChI is InChI=1S/C18H22N4O4S/c1-14-4-5-16(22(23)24)11-18(14)27(25,26)20-12-15-6-9-21(10-7-15)17-3-2-8-19-13-17/h2-5,8,11,13,15,20H,6-7,9-10,12H2,1H3. The van der Waals surface area contributed by atoms with Gasteiger partial charge in [0.05, 0.1) is 21.7 Å². The third kappa shape index (κ3) is 4.61. The maximum atomic E-state index is 12.6. The molecule has 0 bridgehead atoms. The molecule has 0 unspecified atom stereocenters. The number of hydrogen-bond donors (Lipinski definition) is 1. The highest BCUT2D eigenvalue weighted by atomic mass is 32.2. The van der Waals surface area contributed by atoms with Crippen LogP contribution in [0.3, 0.4) is 0 Å². The number of nitro benzene ring substituents is 1. The molecule has 1 N–H and O–H groups in total. The molecular weight excluding hydrogens is 368 g/mol. The highest BCUT2D eigenvalue weighted by Gasteiger charge is 2.24. The summed E-state index contributed by atoms with van der Waals surface area (Å²) in [6, 6.07) is 7.79. The van der Waals surface area contributed by atoms with E-state index in [4.69, 9.17) is 0 Å². The zero-order valence-corrected chi connectivity index (χ0v) is 15.9. The van der Waals surface area contributed by atoms with Gasteiger partial charge in [-0.05, 0) is 43.4 Å². The number of benzene rings is 1. The Hall–Kier alpha value is -2.52. The third-order valence-corrected chi connectivity index (χ3v) is 6.43. The number of aryl methyl sites for hydroxylation is 1. The van der Waals surface area contributed by atoms with Gasteiger partial charge in [0.15, 0.2) is 0 Å². The van der Waals surface area contributed by atoms with Crippen LogP contribution in [0.1, 0.15) is 18.4 Å². The average molecular weight is 390 g/mol. The lowest BCUT2D eigenvalue weighted by molar-refractivity contribution is -0.385. The van der Waals surface area contributed by atoms with Gasteiger partial charge in [-0.3, -0.25) is 15.1 Å². The van der Waals surface area contributed by atoms with Crippen LogP contribution >= 0.6 is 0 Å². The summed E-state index contributed by atoms with van der Waals surface area (Å²) in [6.07, 6.45) is 5.30. The largest absolute Gasteiger partial charge is 0.370 e. The van der Waals surface area contributed by atoms with Crippen molar-refractivity contribution in [1.29, 1.82) is 0 Å². The van der Waals surface area contributed by atoms with Crippen molar-refractivity contribution < 1.29 is 13.3 Å². The van der Waals surface area contributed by atoms with Crippen LogP contribution in [0.5, 0.6) is 0 Å². The Morgan fingerprint density at radius 3 is 2.67 bits per heavy atom. The Bertz CT molecular complexity index is 910. The quantitative estimate of drug-likeness (QED) is 0.600. The third-order valence-electron chi connectivity index (χ3n) is 4.86. The molecule has 2 aromatic rings. The number of pyridine rings is 1. The van der Waals surface area contributed by atoms with Crippen molar-refractivity contribution in [3.05, 3.63) is 58.4 Å². The van der Waals surface area contributed by atoms with Crippen molar-refractivity contribution in [2.75, 3.05) is 24.5 Å². The van der Waals surface area contributed by atoms with E-state index < -0.39 is 14.9 Å². The molecule has 9 heteroatoms. The summed E-state index contributed by atoms with van der Waals surface area (Å²) in [4.78, 5) is 16.7. The molecule has 0 aliphatic carbocycles. The van der Waals surface area contributed by atoms with E-state index in [2.05, 4.69) is 14.6 Å². The van der Waals surface area contributed by atoms with Gasteiger partial charge in [-0.15, -0.1) is 0 Å². The van der Waals surface area contributed by atoms with Crippen molar-refractivity contribution in [2.24, 2.45) is 5.92 Å². The number of hydrogen-bond acceptors (Lipinski definition) is 6. The molecule has 0 spiro atoms. The Balaban J connectivity index is 1.60. The van der Waals surface area contributed by atoms with Crippen LogP contribution < -0.4 is 9.62 Å². The first-order valence-corrected chi connectivity index (χ1v) is 10.2. The highest BCUT2D eigenvalue weighted by Crippen LogP contribution is 2.24. The topological polar surface area (TPSA) is 105 Å². The first kappa shape index (κ1) is 19.2. The van der Waals surface area contributed by atoms with E-state index in [1.807, 2.05) is 18.3 Å². The Kier molecular flexibility index (Phi) is 5.71. The van der Waals surface area contributed by atoms with Gasteiger partial charge in [-0.25, -0.2) is 13.1 Å². The molecule has 2 heterocycles. The summed E-state index contributed by atoms with van der Waals surface area (Å²) < 4.78 is 27.8. The van der Waals surface area contributed by atoms with E-state index in [9.17, 15) is 18.5 Å². The molecule has 0 atom stereocenters. The predicted octanol–water partition coefficient (Wildman–Crippen LogP) is 2.49. The normalized spacial score (nSPS) is 15.7. The maximum Gasteiger partial charge on any atom is 0.270 e. The molecule has 0 radical (unpaired) electrons. The van der Waals surface area contributed by atoms with Crippen molar-refractivity contribution >= 4 is 21.4 Å². The molecule has 1 fully saturated rings. The van der Waals surface area contributed by atoms with Crippen LogP contribution in [-0.4, -0.2) is 38.0 Å². The molecule has 1 aromatic carbocycles. The van der Waals surface area contributed by atoms with Crippen LogP contribution in [0.15, 0.2) is 47.6 Å². The number of nitrogens with zero attached hydrogens (tertiary/aromatic N) is 3. The lowest BCUT2D eigenvalue weighted by atomic mass is 9.97. The second kappa shape index (κ2) is 8.01.